The molecule has 0 aliphatic heterocycles. The quantitative estimate of drug-likeness (QED) is 0.744. The molecule has 0 spiro atoms. The van der Waals surface area contributed by atoms with Gasteiger partial charge in [-0.25, -0.2) is 9.67 Å². The highest BCUT2D eigenvalue weighted by atomic mass is 79.9. The van der Waals surface area contributed by atoms with Gasteiger partial charge in [0.25, 0.3) is 0 Å². The molecule has 0 N–H and O–H groups in total. The number of hydrogen-bond donors (Lipinski definition) is 0. The summed E-state index contributed by atoms with van der Waals surface area (Å²) in [5.74, 6) is 0. The van der Waals surface area contributed by atoms with E-state index in [0.717, 1.165) is 0 Å². The van der Waals surface area contributed by atoms with Crippen molar-refractivity contribution in [2.45, 2.75) is 0 Å². The molecule has 84 valence electrons. The minimum Gasteiger partial charge on any atom is -0.245 e. The highest BCUT2D eigenvalue weighted by Crippen LogP contribution is 2.34. The molecule has 4 nitrogen and oxygen atoms in total. The third-order valence-corrected chi connectivity index (χ3v) is 3.39. The summed E-state index contributed by atoms with van der Waals surface area (Å²) >= 11 is 20.9. The normalized spacial score (nSPS) is 10.8. The van der Waals surface area contributed by atoms with Crippen LogP contribution in [0.2, 0.25) is 15.2 Å². The van der Waals surface area contributed by atoms with Crippen LogP contribution in [0.5, 0.6) is 0 Å². The zero-order valence-corrected chi connectivity index (χ0v) is 11.7. The standard InChI is InChI=1S/C8H4BrCl3N4/c1-16-6(7(9)14-15-16)5-3(10)2-4(11)8(12)13-5/h2H,1H3. The molecule has 0 bridgehead atoms. The lowest BCUT2D eigenvalue weighted by atomic mass is 10.3. The fraction of sp³-hybridized carbons (Fsp3) is 0.125. The topological polar surface area (TPSA) is 43.6 Å². The first-order valence-corrected chi connectivity index (χ1v) is 6.00. The summed E-state index contributed by atoms with van der Waals surface area (Å²) < 4.78 is 2.09. The number of aryl methyl sites for hydroxylation is 1. The lowest BCUT2D eigenvalue weighted by Gasteiger charge is -2.05. The van der Waals surface area contributed by atoms with Crippen molar-refractivity contribution in [3.05, 3.63) is 25.9 Å². The summed E-state index contributed by atoms with van der Waals surface area (Å²) in [5.41, 5.74) is 1.12. The molecule has 0 saturated carbocycles. The van der Waals surface area contributed by atoms with Crippen molar-refractivity contribution in [1.82, 2.24) is 20.0 Å². The van der Waals surface area contributed by atoms with Gasteiger partial charge in [-0.3, -0.25) is 0 Å². The van der Waals surface area contributed by atoms with Gasteiger partial charge in [0, 0.05) is 7.05 Å². The van der Waals surface area contributed by atoms with Gasteiger partial charge in [0.1, 0.15) is 16.5 Å². The first kappa shape index (κ1) is 12.1. The molecule has 16 heavy (non-hydrogen) atoms. The van der Waals surface area contributed by atoms with Crippen molar-refractivity contribution in [3.8, 4) is 11.4 Å². The molecule has 2 aromatic heterocycles. The van der Waals surface area contributed by atoms with Crippen LogP contribution in [0.15, 0.2) is 10.7 Å². The summed E-state index contributed by atoms with van der Waals surface area (Å²) in [5, 5.41) is 8.56. The van der Waals surface area contributed by atoms with E-state index in [2.05, 4.69) is 31.2 Å². The van der Waals surface area contributed by atoms with Crippen LogP contribution in [0.25, 0.3) is 11.4 Å². The molecule has 0 aromatic carbocycles. The number of hydrogen-bond acceptors (Lipinski definition) is 3. The van der Waals surface area contributed by atoms with Crippen molar-refractivity contribution in [3.63, 3.8) is 0 Å². The van der Waals surface area contributed by atoms with Crippen LogP contribution in [-0.2, 0) is 7.05 Å². The predicted octanol–water partition coefficient (Wildman–Crippen LogP) is 3.60. The molecule has 0 atom stereocenters. The second-order valence-corrected chi connectivity index (χ2v) is 4.87. The van der Waals surface area contributed by atoms with Gasteiger partial charge >= 0.3 is 0 Å². The van der Waals surface area contributed by atoms with Crippen molar-refractivity contribution < 1.29 is 0 Å². The molecule has 2 heterocycles. The van der Waals surface area contributed by atoms with Crippen LogP contribution in [0, 0.1) is 0 Å². The lowest BCUT2D eigenvalue weighted by molar-refractivity contribution is 0.718. The highest BCUT2D eigenvalue weighted by Gasteiger charge is 2.17. The van der Waals surface area contributed by atoms with Crippen LogP contribution in [0.4, 0.5) is 0 Å². The Morgan fingerprint density at radius 2 is 1.94 bits per heavy atom. The fourth-order valence-electron chi connectivity index (χ4n) is 1.19. The minimum atomic E-state index is 0.189. The highest BCUT2D eigenvalue weighted by molar-refractivity contribution is 9.10. The lowest BCUT2D eigenvalue weighted by Crippen LogP contribution is -1.97. The Balaban J connectivity index is 2.69. The molecule has 2 aromatic rings. The van der Waals surface area contributed by atoms with Crippen LogP contribution in [0.1, 0.15) is 0 Å². The first-order chi connectivity index (χ1) is 7.50. The predicted molar refractivity (Wildman–Crippen MR) is 67.0 cm³/mol. The Morgan fingerprint density at radius 1 is 1.25 bits per heavy atom. The number of rotatable bonds is 1. The van der Waals surface area contributed by atoms with E-state index < -0.39 is 0 Å². The van der Waals surface area contributed by atoms with Crippen LogP contribution in [0.3, 0.4) is 0 Å². The van der Waals surface area contributed by atoms with Crippen LogP contribution >= 0.6 is 50.7 Å². The first-order valence-electron chi connectivity index (χ1n) is 4.07. The molecule has 0 fully saturated rings. The smallest absolute Gasteiger partial charge is 0.157 e. The zero-order valence-electron chi connectivity index (χ0n) is 7.88. The van der Waals surface area contributed by atoms with Crippen molar-refractivity contribution in [2.24, 2.45) is 7.05 Å². The Bertz CT molecular complexity index is 535. The average Bonchev–Trinajstić information content (AvgIpc) is 2.53. The number of pyridine rings is 1. The van der Waals surface area contributed by atoms with Gasteiger partial charge in [-0.1, -0.05) is 40.0 Å². The molecule has 0 aliphatic carbocycles. The molecule has 8 heteroatoms. The number of halogens is 4. The molecule has 2 rings (SSSR count). The van der Waals surface area contributed by atoms with E-state index in [4.69, 9.17) is 34.8 Å². The molecule has 0 amide bonds. The summed E-state index contributed by atoms with van der Waals surface area (Å²) in [7, 11) is 1.73. The van der Waals surface area contributed by atoms with E-state index in [9.17, 15) is 0 Å². The maximum Gasteiger partial charge on any atom is 0.157 e. The number of nitrogens with zero attached hydrogens (tertiary/aromatic N) is 4. The minimum absolute atomic E-state index is 0.189. The van der Waals surface area contributed by atoms with E-state index >= 15 is 0 Å². The maximum absolute atomic E-state index is 6.04. The van der Waals surface area contributed by atoms with Gasteiger partial charge in [-0.15, -0.1) is 5.10 Å². The molecular weight excluding hydrogens is 338 g/mol. The molecule has 0 unspecified atom stereocenters. The zero-order chi connectivity index (χ0) is 11.9. The average molecular weight is 342 g/mol. The fourth-order valence-corrected chi connectivity index (χ4v) is 2.30. The maximum atomic E-state index is 6.04. The third kappa shape index (κ3) is 2.05. The molecule has 0 radical (unpaired) electrons. The van der Waals surface area contributed by atoms with Crippen molar-refractivity contribution in [1.29, 1.82) is 0 Å². The van der Waals surface area contributed by atoms with Gasteiger partial charge < -0.3 is 0 Å². The largest absolute Gasteiger partial charge is 0.245 e. The second kappa shape index (κ2) is 4.49. The number of aromatic nitrogens is 4. The van der Waals surface area contributed by atoms with E-state index in [1.807, 2.05) is 0 Å². The van der Waals surface area contributed by atoms with E-state index in [-0.39, 0.29) is 5.15 Å². The van der Waals surface area contributed by atoms with E-state index in [0.29, 0.717) is 26.0 Å². The van der Waals surface area contributed by atoms with Gasteiger partial charge in [0.15, 0.2) is 4.60 Å². The Kier molecular flexibility index (Phi) is 3.39. The van der Waals surface area contributed by atoms with E-state index in [1.165, 1.54) is 6.07 Å². The van der Waals surface area contributed by atoms with Gasteiger partial charge in [0.05, 0.1) is 10.0 Å². The summed E-state index contributed by atoms with van der Waals surface area (Å²) in [6.07, 6.45) is 0. The monoisotopic (exact) mass is 340 g/mol. The Hall–Kier alpha value is -0.360. The molecule has 0 aliphatic rings. The van der Waals surface area contributed by atoms with E-state index in [1.54, 1.807) is 11.7 Å². The molecular formula is C8H4BrCl3N4. The van der Waals surface area contributed by atoms with Crippen LogP contribution < -0.4 is 0 Å². The van der Waals surface area contributed by atoms with Gasteiger partial charge in [-0.2, -0.15) is 0 Å². The summed E-state index contributed by atoms with van der Waals surface area (Å²) in [6.45, 7) is 0. The van der Waals surface area contributed by atoms with Crippen molar-refractivity contribution in [2.75, 3.05) is 0 Å². The Labute approximate surface area is 115 Å². The summed E-state index contributed by atoms with van der Waals surface area (Å²) in [6, 6.07) is 1.53. The SMILES string of the molecule is Cn1nnc(Br)c1-c1nc(Cl)c(Cl)cc1Cl. The van der Waals surface area contributed by atoms with Gasteiger partial charge in [-0.05, 0) is 22.0 Å². The van der Waals surface area contributed by atoms with Gasteiger partial charge in [0.2, 0.25) is 0 Å². The second-order valence-electron chi connectivity index (χ2n) is 2.94. The molecule has 0 saturated heterocycles. The third-order valence-electron chi connectivity index (χ3n) is 1.90. The van der Waals surface area contributed by atoms with Crippen LogP contribution in [-0.4, -0.2) is 20.0 Å². The summed E-state index contributed by atoms with van der Waals surface area (Å²) in [4.78, 5) is 4.11. The van der Waals surface area contributed by atoms with Crippen molar-refractivity contribution >= 4 is 50.7 Å². The Morgan fingerprint density at radius 3 is 2.50 bits per heavy atom.